The summed E-state index contributed by atoms with van der Waals surface area (Å²) in [6.07, 6.45) is 10.2. The van der Waals surface area contributed by atoms with Crippen LogP contribution in [0.5, 0.6) is 0 Å². The Hall–Kier alpha value is -1.45. The molecule has 1 aromatic rings. The lowest BCUT2D eigenvalue weighted by Gasteiger charge is -2.32. The molecule has 19 heavy (non-hydrogen) atoms. The predicted octanol–water partition coefficient (Wildman–Crippen LogP) is 1.91. The maximum absolute atomic E-state index is 11.6. The van der Waals surface area contributed by atoms with Gasteiger partial charge < -0.3 is 4.90 Å². The second-order valence-electron chi connectivity index (χ2n) is 5.94. The summed E-state index contributed by atoms with van der Waals surface area (Å²) in [4.78, 5) is 22.1. The number of amides is 1. The number of aromatic nitrogens is 2. The van der Waals surface area contributed by atoms with E-state index in [-0.39, 0.29) is 5.91 Å². The van der Waals surface area contributed by atoms with Gasteiger partial charge in [-0.25, -0.2) is 0 Å². The molecule has 4 nitrogen and oxygen atoms in total. The molecule has 3 atom stereocenters. The molecule has 1 aromatic heterocycles. The molecule has 0 bridgehead atoms. The molecule has 0 spiro atoms. The first-order chi connectivity index (χ1) is 9.24. The number of rotatable bonds is 2. The maximum Gasteiger partial charge on any atom is 0.219 e. The molecule has 0 radical (unpaired) electrons. The van der Waals surface area contributed by atoms with E-state index in [0.717, 1.165) is 25.2 Å². The fraction of sp³-hybridized carbons (Fsp3) is 0.667. The van der Waals surface area contributed by atoms with Gasteiger partial charge in [0, 0.05) is 38.6 Å². The van der Waals surface area contributed by atoms with Gasteiger partial charge in [-0.05, 0) is 37.0 Å². The van der Waals surface area contributed by atoms with E-state index in [1.54, 1.807) is 19.3 Å². The Labute approximate surface area is 114 Å². The molecule has 2 fully saturated rings. The maximum atomic E-state index is 11.6. The highest BCUT2D eigenvalue weighted by molar-refractivity contribution is 5.73. The Morgan fingerprint density at radius 2 is 2.26 bits per heavy atom. The molecular formula is C15H21N3O. The van der Waals surface area contributed by atoms with Crippen LogP contribution in [0.4, 0.5) is 0 Å². The van der Waals surface area contributed by atoms with Crippen molar-refractivity contribution in [2.75, 3.05) is 13.1 Å². The topological polar surface area (TPSA) is 46.1 Å². The third-order valence-corrected chi connectivity index (χ3v) is 4.78. The minimum atomic E-state index is 0.229. The summed E-state index contributed by atoms with van der Waals surface area (Å²) in [5.41, 5.74) is 1.09. The highest BCUT2D eigenvalue weighted by atomic mass is 16.2. The molecular weight excluding hydrogens is 238 g/mol. The summed E-state index contributed by atoms with van der Waals surface area (Å²) in [7, 11) is 0. The molecule has 1 aliphatic carbocycles. The van der Waals surface area contributed by atoms with Gasteiger partial charge in [-0.3, -0.25) is 14.8 Å². The Morgan fingerprint density at radius 1 is 1.37 bits per heavy atom. The van der Waals surface area contributed by atoms with Crippen LogP contribution in [-0.4, -0.2) is 33.9 Å². The van der Waals surface area contributed by atoms with Gasteiger partial charge >= 0.3 is 0 Å². The van der Waals surface area contributed by atoms with Crippen molar-refractivity contribution in [1.82, 2.24) is 14.9 Å². The fourth-order valence-corrected chi connectivity index (χ4v) is 3.81. The molecule has 1 aliphatic heterocycles. The van der Waals surface area contributed by atoms with Crippen LogP contribution in [0.25, 0.3) is 0 Å². The zero-order chi connectivity index (χ0) is 13.2. The van der Waals surface area contributed by atoms with Crippen LogP contribution >= 0.6 is 0 Å². The Balaban J connectivity index is 1.70. The summed E-state index contributed by atoms with van der Waals surface area (Å²) >= 11 is 0. The van der Waals surface area contributed by atoms with E-state index in [2.05, 4.69) is 9.97 Å². The Morgan fingerprint density at radius 3 is 3.00 bits per heavy atom. The van der Waals surface area contributed by atoms with E-state index in [4.69, 9.17) is 0 Å². The minimum absolute atomic E-state index is 0.229. The lowest BCUT2D eigenvalue weighted by molar-refractivity contribution is -0.128. The molecule has 102 valence electrons. The van der Waals surface area contributed by atoms with Gasteiger partial charge in [-0.2, -0.15) is 0 Å². The van der Waals surface area contributed by atoms with E-state index < -0.39 is 0 Å². The van der Waals surface area contributed by atoms with Crippen molar-refractivity contribution in [3.63, 3.8) is 0 Å². The van der Waals surface area contributed by atoms with Crippen molar-refractivity contribution >= 4 is 5.91 Å². The third-order valence-electron chi connectivity index (χ3n) is 4.78. The molecule has 1 saturated heterocycles. The van der Waals surface area contributed by atoms with Gasteiger partial charge in [-0.15, -0.1) is 0 Å². The van der Waals surface area contributed by atoms with Gasteiger partial charge in [0.15, 0.2) is 0 Å². The molecule has 4 heteroatoms. The molecule has 1 amide bonds. The van der Waals surface area contributed by atoms with E-state index >= 15 is 0 Å². The van der Waals surface area contributed by atoms with Crippen LogP contribution in [0, 0.1) is 17.8 Å². The largest absolute Gasteiger partial charge is 0.342 e. The second kappa shape index (κ2) is 5.27. The van der Waals surface area contributed by atoms with Crippen LogP contribution in [0.15, 0.2) is 18.6 Å². The van der Waals surface area contributed by atoms with Crippen LogP contribution in [0.2, 0.25) is 0 Å². The lowest BCUT2D eigenvalue weighted by atomic mass is 9.72. The number of hydrogen-bond acceptors (Lipinski definition) is 3. The summed E-state index contributed by atoms with van der Waals surface area (Å²) < 4.78 is 0. The fourth-order valence-electron chi connectivity index (χ4n) is 3.81. The molecule has 3 rings (SSSR count). The summed E-state index contributed by atoms with van der Waals surface area (Å²) in [6.45, 7) is 3.61. The van der Waals surface area contributed by atoms with E-state index in [1.807, 2.05) is 11.1 Å². The van der Waals surface area contributed by atoms with Crippen molar-refractivity contribution in [3.05, 3.63) is 24.3 Å². The number of carbonyl (C=O) groups is 1. The van der Waals surface area contributed by atoms with Crippen molar-refractivity contribution < 1.29 is 4.79 Å². The zero-order valence-corrected chi connectivity index (χ0v) is 11.5. The highest BCUT2D eigenvalue weighted by Gasteiger charge is 2.40. The van der Waals surface area contributed by atoms with Crippen LogP contribution in [0.1, 0.15) is 31.9 Å². The van der Waals surface area contributed by atoms with Crippen molar-refractivity contribution in [2.45, 2.75) is 32.6 Å². The standard InChI is InChI=1S/C15H21N3O/c1-11(19)18-9-13-4-2-3-12(15(13)10-18)7-14-8-16-5-6-17-14/h5-6,8,12-13,15H,2-4,7,9-10H2,1H3/t12-,13-,15-/m1/s1. The van der Waals surface area contributed by atoms with Gasteiger partial charge in [0.2, 0.25) is 5.91 Å². The number of hydrogen-bond donors (Lipinski definition) is 0. The number of fused-ring (bicyclic) bond motifs is 1. The number of nitrogens with zero attached hydrogens (tertiary/aromatic N) is 3. The highest BCUT2D eigenvalue weighted by Crippen LogP contribution is 2.41. The van der Waals surface area contributed by atoms with Crippen molar-refractivity contribution in [1.29, 1.82) is 0 Å². The second-order valence-corrected chi connectivity index (χ2v) is 5.94. The average molecular weight is 259 g/mol. The Bertz CT molecular complexity index is 448. The summed E-state index contributed by atoms with van der Waals surface area (Å²) in [6, 6.07) is 0. The van der Waals surface area contributed by atoms with Gasteiger partial charge in [0.05, 0.1) is 5.69 Å². The lowest BCUT2D eigenvalue weighted by Crippen LogP contribution is -2.29. The number of carbonyl (C=O) groups excluding carboxylic acids is 1. The molecule has 1 saturated carbocycles. The van der Waals surface area contributed by atoms with E-state index in [1.165, 1.54) is 19.3 Å². The zero-order valence-electron chi connectivity index (χ0n) is 11.5. The first kappa shape index (κ1) is 12.6. The molecule has 0 aromatic carbocycles. The van der Waals surface area contributed by atoms with Crippen molar-refractivity contribution in [2.24, 2.45) is 17.8 Å². The summed E-state index contributed by atoms with van der Waals surface area (Å²) in [5.74, 6) is 2.27. The normalized spacial score (nSPS) is 30.2. The van der Waals surface area contributed by atoms with Gasteiger partial charge in [0.25, 0.3) is 0 Å². The van der Waals surface area contributed by atoms with E-state index in [9.17, 15) is 4.79 Å². The third kappa shape index (κ3) is 2.62. The Kier molecular flexibility index (Phi) is 3.49. The van der Waals surface area contributed by atoms with Crippen LogP contribution in [0.3, 0.4) is 0 Å². The predicted molar refractivity (Wildman–Crippen MR) is 72.3 cm³/mol. The SMILES string of the molecule is CC(=O)N1C[C@H]2CCC[C@H](Cc3cnccn3)[C@H]2C1. The first-order valence-electron chi connectivity index (χ1n) is 7.24. The smallest absolute Gasteiger partial charge is 0.219 e. The minimum Gasteiger partial charge on any atom is -0.342 e. The molecule has 0 N–H and O–H groups in total. The van der Waals surface area contributed by atoms with Crippen LogP contribution < -0.4 is 0 Å². The van der Waals surface area contributed by atoms with Crippen LogP contribution in [-0.2, 0) is 11.2 Å². The monoisotopic (exact) mass is 259 g/mol. The molecule has 0 unspecified atom stereocenters. The molecule has 2 aliphatic rings. The van der Waals surface area contributed by atoms with Crippen molar-refractivity contribution in [3.8, 4) is 0 Å². The molecule has 2 heterocycles. The average Bonchev–Trinajstić information content (AvgIpc) is 2.85. The first-order valence-corrected chi connectivity index (χ1v) is 7.24. The van der Waals surface area contributed by atoms with Gasteiger partial charge in [-0.1, -0.05) is 6.42 Å². The summed E-state index contributed by atoms with van der Waals surface area (Å²) in [5, 5.41) is 0. The van der Waals surface area contributed by atoms with E-state index in [0.29, 0.717) is 17.8 Å². The van der Waals surface area contributed by atoms with Gasteiger partial charge in [0.1, 0.15) is 0 Å². The quantitative estimate of drug-likeness (QED) is 0.815. The number of likely N-dealkylation sites (tertiary alicyclic amines) is 1.